The summed E-state index contributed by atoms with van der Waals surface area (Å²) in [7, 11) is 0. The van der Waals surface area contributed by atoms with Gasteiger partial charge in [-0.3, -0.25) is 15.6 Å². The second-order valence-electron chi connectivity index (χ2n) is 7.47. The predicted molar refractivity (Wildman–Crippen MR) is 94.0 cm³/mol. The number of piperidine rings is 1. The van der Waals surface area contributed by atoms with E-state index in [0.29, 0.717) is 36.4 Å². The molecule has 3 aliphatic rings. The highest BCUT2D eigenvalue weighted by molar-refractivity contribution is 5.81. The fourth-order valence-corrected chi connectivity index (χ4v) is 5.10. The summed E-state index contributed by atoms with van der Waals surface area (Å²) in [5, 5.41) is 0. The number of hydrogen-bond acceptors (Lipinski definition) is 4. The normalized spacial score (nSPS) is 35.7. The van der Waals surface area contributed by atoms with Gasteiger partial charge in [-0.1, -0.05) is 24.3 Å². The van der Waals surface area contributed by atoms with Crippen molar-refractivity contribution in [2.45, 2.75) is 50.7 Å². The second-order valence-corrected chi connectivity index (χ2v) is 7.47. The van der Waals surface area contributed by atoms with E-state index in [0.717, 1.165) is 19.5 Å². The van der Waals surface area contributed by atoms with Crippen LogP contribution in [-0.4, -0.2) is 36.0 Å². The Morgan fingerprint density at radius 3 is 2.75 bits per heavy atom. The van der Waals surface area contributed by atoms with Crippen LogP contribution < -0.4 is 16.6 Å². The minimum Gasteiger partial charge on any atom is -0.339 e. The third-order valence-electron chi connectivity index (χ3n) is 6.38. The Labute approximate surface area is 143 Å². The molecule has 130 valence electrons. The minimum atomic E-state index is 0.117. The quantitative estimate of drug-likeness (QED) is 0.783. The Morgan fingerprint density at radius 1 is 1.25 bits per heavy atom. The molecule has 2 aliphatic heterocycles. The van der Waals surface area contributed by atoms with Crippen molar-refractivity contribution >= 4 is 5.91 Å². The van der Waals surface area contributed by atoms with Gasteiger partial charge in [-0.2, -0.15) is 0 Å². The van der Waals surface area contributed by atoms with Crippen molar-refractivity contribution in [1.29, 1.82) is 0 Å². The number of amides is 1. The van der Waals surface area contributed by atoms with Gasteiger partial charge < -0.3 is 10.6 Å². The third kappa shape index (κ3) is 2.55. The third-order valence-corrected chi connectivity index (χ3v) is 6.38. The fourth-order valence-electron chi connectivity index (χ4n) is 5.10. The summed E-state index contributed by atoms with van der Waals surface area (Å²) >= 11 is 0. The van der Waals surface area contributed by atoms with Gasteiger partial charge in [0, 0.05) is 31.7 Å². The van der Waals surface area contributed by atoms with Gasteiger partial charge in [0.1, 0.15) is 0 Å². The highest BCUT2D eigenvalue weighted by Crippen LogP contribution is 2.44. The van der Waals surface area contributed by atoms with E-state index < -0.39 is 0 Å². The van der Waals surface area contributed by atoms with E-state index in [9.17, 15) is 4.79 Å². The molecule has 0 spiro atoms. The van der Waals surface area contributed by atoms with Crippen molar-refractivity contribution in [3.8, 4) is 0 Å². The Hall–Kier alpha value is -1.43. The van der Waals surface area contributed by atoms with E-state index in [1.54, 1.807) is 0 Å². The zero-order valence-corrected chi connectivity index (χ0v) is 14.4. The van der Waals surface area contributed by atoms with E-state index in [1.807, 2.05) is 0 Å². The molecule has 1 aromatic carbocycles. The van der Waals surface area contributed by atoms with E-state index in [2.05, 4.69) is 46.9 Å². The number of hydrazine groups is 1. The molecule has 5 unspecified atom stereocenters. The lowest BCUT2D eigenvalue weighted by atomic mass is 9.67. The smallest absolute Gasteiger partial charge is 0.228 e. The highest BCUT2D eigenvalue weighted by atomic mass is 16.2. The Balaban J connectivity index is 1.56. The molecule has 1 aliphatic carbocycles. The minimum absolute atomic E-state index is 0.117. The molecule has 4 N–H and O–H groups in total. The molecule has 0 bridgehead atoms. The van der Waals surface area contributed by atoms with E-state index in [1.165, 1.54) is 24.0 Å². The van der Waals surface area contributed by atoms with Crippen molar-refractivity contribution in [2.75, 3.05) is 13.1 Å². The van der Waals surface area contributed by atoms with Crippen LogP contribution in [0.15, 0.2) is 24.3 Å². The lowest BCUT2D eigenvalue weighted by Crippen LogP contribution is -2.61. The van der Waals surface area contributed by atoms with E-state index in [4.69, 9.17) is 5.73 Å². The molecular weight excluding hydrogens is 300 g/mol. The van der Waals surface area contributed by atoms with Gasteiger partial charge in [0.25, 0.3) is 0 Å². The van der Waals surface area contributed by atoms with Crippen molar-refractivity contribution < 1.29 is 4.79 Å². The molecule has 24 heavy (non-hydrogen) atoms. The van der Waals surface area contributed by atoms with Gasteiger partial charge in [0.2, 0.25) is 5.91 Å². The molecular formula is C19H28N4O. The Bertz CT molecular complexity index is 602. The van der Waals surface area contributed by atoms with Gasteiger partial charge in [-0.25, -0.2) is 0 Å². The molecule has 5 atom stereocenters. The van der Waals surface area contributed by atoms with Gasteiger partial charge in [-0.15, -0.1) is 0 Å². The maximum Gasteiger partial charge on any atom is 0.228 e. The summed E-state index contributed by atoms with van der Waals surface area (Å²) in [6, 6.07) is 9.42. The zero-order chi connectivity index (χ0) is 16.7. The average Bonchev–Trinajstić information content (AvgIpc) is 3.12. The number of rotatable bonds is 3. The standard InChI is InChI=1S/C19H28N4O/c1-2-23-17-9-14(13-5-3-12(10-20)4-6-13)7-8-15(17)18-16(19(23)24)11-21-22-18/h3-6,14-18,21-22H,2,7-11,20H2,1H3. The number of nitrogens with zero attached hydrogens (tertiary/aromatic N) is 1. The van der Waals surface area contributed by atoms with Crippen LogP contribution in [0.3, 0.4) is 0 Å². The van der Waals surface area contributed by atoms with Crippen LogP contribution in [-0.2, 0) is 11.3 Å². The molecule has 3 fully saturated rings. The molecule has 2 saturated heterocycles. The number of likely N-dealkylation sites (tertiary alicyclic amines) is 1. The molecule has 0 radical (unpaired) electrons. The number of nitrogens with two attached hydrogens (primary N) is 1. The number of nitrogens with one attached hydrogen (secondary N) is 2. The Morgan fingerprint density at radius 2 is 2.04 bits per heavy atom. The first kappa shape index (κ1) is 16.1. The molecule has 5 heteroatoms. The lowest BCUT2D eigenvalue weighted by molar-refractivity contribution is -0.146. The van der Waals surface area contributed by atoms with Crippen molar-refractivity contribution in [2.24, 2.45) is 17.6 Å². The first-order valence-corrected chi connectivity index (χ1v) is 9.30. The summed E-state index contributed by atoms with van der Waals surface area (Å²) < 4.78 is 0. The zero-order valence-electron chi connectivity index (χ0n) is 14.4. The maximum atomic E-state index is 12.9. The largest absolute Gasteiger partial charge is 0.339 e. The first-order chi connectivity index (χ1) is 11.7. The molecule has 4 rings (SSSR count). The van der Waals surface area contributed by atoms with Crippen LogP contribution in [0, 0.1) is 11.8 Å². The number of benzene rings is 1. The number of carbonyl (C=O) groups is 1. The van der Waals surface area contributed by atoms with Crippen molar-refractivity contribution in [3.63, 3.8) is 0 Å². The van der Waals surface area contributed by atoms with Gasteiger partial charge in [-0.05, 0) is 49.1 Å². The predicted octanol–water partition coefficient (Wildman–Crippen LogP) is 1.35. The van der Waals surface area contributed by atoms with Crippen LogP contribution in [0.25, 0.3) is 0 Å². The van der Waals surface area contributed by atoms with Crippen LogP contribution in [0.2, 0.25) is 0 Å². The summed E-state index contributed by atoms with van der Waals surface area (Å²) in [6.07, 6.45) is 3.48. The van der Waals surface area contributed by atoms with Gasteiger partial charge in [0.05, 0.1) is 5.92 Å². The monoisotopic (exact) mass is 328 g/mol. The SMILES string of the molecule is CCN1C(=O)C2CNNC2C2CCC(c3ccc(CN)cc3)CC21. The van der Waals surface area contributed by atoms with Crippen LogP contribution in [0.1, 0.15) is 43.2 Å². The van der Waals surface area contributed by atoms with Crippen LogP contribution in [0.4, 0.5) is 0 Å². The summed E-state index contributed by atoms with van der Waals surface area (Å²) in [4.78, 5) is 15.0. The molecule has 1 amide bonds. The molecule has 1 aromatic rings. The van der Waals surface area contributed by atoms with E-state index >= 15 is 0 Å². The summed E-state index contributed by atoms with van der Waals surface area (Å²) in [6.45, 7) is 4.30. The molecule has 2 heterocycles. The average molecular weight is 328 g/mol. The molecule has 1 saturated carbocycles. The molecule has 5 nitrogen and oxygen atoms in total. The van der Waals surface area contributed by atoms with E-state index in [-0.39, 0.29) is 5.92 Å². The number of fused-ring (bicyclic) bond motifs is 3. The van der Waals surface area contributed by atoms with Crippen LogP contribution >= 0.6 is 0 Å². The van der Waals surface area contributed by atoms with Gasteiger partial charge >= 0.3 is 0 Å². The topological polar surface area (TPSA) is 70.4 Å². The first-order valence-electron chi connectivity index (χ1n) is 9.30. The molecule has 0 aromatic heterocycles. The highest BCUT2D eigenvalue weighted by Gasteiger charge is 2.51. The second kappa shape index (κ2) is 6.47. The number of carbonyl (C=O) groups excluding carboxylic acids is 1. The maximum absolute atomic E-state index is 12.9. The Kier molecular flexibility index (Phi) is 4.33. The fraction of sp³-hybridized carbons (Fsp3) is 0.632. The van der Waals surface area contributed by atoms with Gasteiger partial charge in [0.15, 0.2) is 0 Å². The lowest BCUT2D eigenvalue weighted by Gasteiger charge is -2.50. The van der Waals surface area contributed by atoms with Crippen molar-refractivity contribution in [3.05, 3.63) is 35.4 Å². The van der Waals surface area contributed by atoms with Crippen molar-refractivity contribution in [1.82, 2.24) is 15.8 Å². The number of hydrogen-bond donors (Lipinski definition) is 3. The van der Waals surface area contributed by atoms with Crippen LogP contribution in [0.5, 0.6) is 0 Å². The summed E-state index contributed by atoms with van der Waals surface area (Å²) in [5.41, 5.74) is 14.9. The summed E-state index contributed by atoms with van der Waals surface area (Å²) in [5.74, 6) is 1.57.